The number of imidazole rings is 1. The molecule has 0 spiro atoms. The van der Waals surface area contributed by atoms with E-state index in [0.717, 1.165) is 18.1 Å². The molecule has 2 aromatic rings. The minimum absolute atomic E-state index is 0.0168. The highest BCUT2D eigenvalue weighted by atomic mass is 32.1. The summed E-state index contributed by atoms with van der Waals surface area (Å²) in [4.78, 5) is 20.0. The summed E-state index contributed by atoms with van der Waals surface area (Å²) in [6.07, 6.45) is 4.09. The van der Waals surface area contributed by atoms with Crippen molar-refractivity contribution in [3.05, 3.63) is 23.0 Å². The van der Waals surface area contributed by atoms with E-state index in [9.17, 15) is 4.79 Å². The van der Waals surface area contributed by atoms with E-state index in [2.05, 4.69) is 20.9 Å². The fourth-order valence-corrected chi connectivity index (χ4v) is 4.07. The topological polar surface area (TPSA) is 56.1 Å². The molecule has 4 rings (SSSR count). The van der Waals surface area contributed by atoms with Gasteiger partial charge in [0.25, 0.3) is 0 Å². The number of ether oxygens (including phenoxy) is 2. The summed E-state index contributed by atoms with van der Waals surface area (Å²) < 4.78 is 12.8. The van der Waals surface area contributed by atoms with Crippen LogP contribution in [0.1, 0.15) is 37.1 Å². The van der Waals surface area contributed by atoms with Gasteiger partial charge in [0, 0.05) is 37.1 Å². The number of esters is 1. The lowest BCUT2D eigenvalue weighted by Crippen LogP contribution is -2.49. The summed E-state index contributed by atoms with van der Waals surface area (Å²) in [6.45, 7) is 4.18. The summed E-state index contributed by atoms with van der Waals surface area (Å²) in [5, 5.41) is 2.07. The van der Waals surface area contributed by atoms with Crippen LogP contribution in [0.15, 0.2) is 11.6 Å². The molecule has 1 aliphatic heterocycles. The maximum Gasteiger partial charge on any atom is 0.336 e. The van der Waals surface area contributed by atoms with E-state index in [1.54, 1.807) is 11.3 Å². The van der Waals surface area contributed by atoms with Crippen molar-refractivity contribution in [2.75, 3.05) is 20.2 Å². The standard InChI is InChI=1S/C16H21N3O3S/c1-10-7-18(9-13(22-10)15(20)21-2)8-12-14(11-3-4-11)17-16-19(12)5-6-23-16/h5-6,10-11,13H,3-4,7-9H2,1-2H3/t10-,13-/m1/s1. The Morgan fingerprint density at radius 1 is 1.48 bits per heavy atom. The predicted octanol–water partition coefficient (Wildman–Crippen LogP) is 2.04. The maximum absolute atomic E-state index is 11.8. The van der Waals surface area contributed by atoms with Crippen molar-refractivity contribution < 1.29 is 14.3 Å². The summed E-state index contributed by atoms with van der Waals surface area (Å²) in [6, 6.07) is 0. The third kappa shape index (κ3) is 2.88. The highest BCUT2D eigenvalue weighted by Crippen LogP contribution is 2.42. The fourth-order valence-electron chi connectivity index (χ4n) is 3.33. The van der Waals surface area contributed by atoms with E-state index in [0.29, 0.717) is 12.5 Å². The fraction of sp³-hybridized carbons (Fsp3) is 0.625. The summed E-state index contributed by atoms with van der Waals surface area (Å²) >= 11 is 1.67. The number of carbonyl (C=O) groups is 1. The Balaban J connectivity index is 1.58. The maximum atomic E-state index is 11.8. The molecule has 1 saturated carbocycles. The number of hydrogen-bond donors (Lipinski definition) is 0. The normalized spacial score (nSPS) is 25.8. The Kier molecular flexibility index (Phi) is 3.87. The highest BCUT2D eigenvalue weighted by molar-refractivity contribution is 7.15. The second-order valence-electron chi connectivity index (χ2n) is 6.43. The van der Waals surface area contributed by atoms with Crippen molar-refractivity contribution in [3.63, 3.8) is 0 Å². The molecule has 0 aromatic carbocycles. The quantitative estimate of drug-likeness (QED) is 0.800. The number of fused-ring (bicyclic) bond motifs is 1. The Morgan fingerprint density at radius 3 is 3.04 bits per heavy atom. The first-order chi connectivity index (χ1) is 11.2. The highest BCUT2D eigenvalue weighted by Gasteiger charge is 2.34. The molecular weight excluding hydrogens is 314 g/mol. The lowest BCUT2D eigenvalue weighted by Gasteiger charge is -2.35. The van der Waals surface area contributed by atoms with Crippen molar-refractivity contribution in [3.8, 4) is 0 Å². The van der Waals surface area contributed by atoms with Gasteiger partial charge in [0.2, 0.25) is 0 Å². The molecule has 23 heavy (non-hydrogen) atoms. The van der Waals surface area contributed by atoms with E-state index in [4.69, 9.17) is 14.5 Å². The number of methoxy groups -OCH3 is 1. The Labute approximate surface area is 139 Å². The average Bonchev–Trinajstić information content (AvgIpc) is 3.18. The molecule has 0 radical (unpaired) electrons. The van der Waals surface area contributed by atoms with Gasteiger partial charge >= 0.3 is 5.97 Å². The smallest absolute Gasteiger partial charge is 0.336 e. The lowest BCUT2D eigenvalue weighted by molar-refractivity contribution is -0.166. The number of hydrogen-bond acceptors (Lipinski definition) is 6. The van der Waals surface area contributed by atoms with Crippen molar-refractivity contribution >= 4 is 22.3 Å². The van der Waals surface area contributed by atoms with Crippen LogP contribution in [-0.4, -0.2) is 52.7 Å². The molecule has 2 aliphatic rings. The molecule has 124 valence electrons. The Bertz CT molecular complexity index is 721. The van der Waals surface area contributed by atoms with Crippen molar-refractivity contribution in [1.29, 1.82) is 0 Å². The molecule has 3 heterocycles. The van der Waals surface area contributed by atoms with Crippen LogP contribution < -0.4 is 0 Å². The first kappa shape index (κ1) is 15.1. The van der Waals surface area contributed by atoms with E-state index in [1.165, 1.54) is 31.3 Å². The van der Waals surface area contributed by atoms with Crippen LogP contribution in [0.4, 0.5) is 0 Å². The molecule has 1 saturated heterocycles. The first-order valence-electron chi connectivity index (χ1n) is 8.05. The minimum Gasteiger partial charge on any atom is -0.467 e. The molecular formula is C16H21N3O3S. The van der Waals surface area contributed by atoms with E-state index in [1.807, 2.05) is 6.92 Å². The SMILES string of the molecule is COC(=O)[C@H]1CN(Cc2c(C3CC3)nc3sccn23)C[C@@H](C)O1. The van der Waals surface area contributed by atoms with Gasteiger partial charge in [0.1, 0.15) is 0 Å². The monoisotopic (exact) mass is 335 g/mol. The Hall–Kier alpha value is -1.44. The van der Waals surface area contributed by atoms with Crippen molar-refractivity contribution in [2.45, 2.75) is 44.4 Å². The molecule has 6 nitrogen and oxygen atoms in total. The zero-order valence-electron chi connectivity index (χ0n) is 13.4. The molecule has 0 N–H and O–H groups in total. The van der Waals surface area contributed by atoms with Crippen LogP contribution >= 0.6 is 11.3 Å². The van der Waals surface area contributed by atoms with Crippen LogP contribution in [-0.2, 0) is 20.8 Å². The van der Waals surface area contributed by atoms with Crippen LogP contribution in [0.2, 0.25) is 0 Å². The third-order valence-electron chi connectivity index (χ3n) is 4.53. The lowest BCUT2D eigenvalue weighted by atomic mass is 10.1. The molecule has 0 unspecified atom stereocenters. The zero-order valence-corrected chi connectivity index (χ0v) is 14.2. The average molecular weight is 335 g/mol. The van der Waals surface area contributed by atoms with Gasteiger partial charge in [-0.15, -0.1) is 11.3 Å². The van der Waals surface area contributed by atoms with Crippen LogP contribution in [0.25, 0.3) is 4.96 Å². The van der Waals surface area contributed by atoms with Gasteiger partial charge in [-0.2, -0.15) is 0 Å². The Morgan fingerprint density at radius 2 is 2.30 bits per heavy atom. The van der Waals surface area contributed by atoms with Crippen molar-refractivity contribution in [1.82, 2.24) is 14.3 Å². The van der Waals surface area contributed by atoms with Crippen molar-refractivity contribution in [2.24, 2.45) is 0 Å². The van der Waals surface area contributed by atoms with Gasteiger partial charge in [0.05, 0.1) is 24.6 Å². The third-order valence-corrected chi connectivity index (χ3v) is 5.29. The summed E-state index contributed by atoms with van der Waals surface area (Å²) in [7, 11) is 1.41. The molecule has 2 fully saturated rings. The number of aromatic nitrogens is 2. The molecule has 0 bridgehead atoms. The zero-order chi connectivity index (χ0) is 16.0. The summed E-state index contributed by atoms with van der Waals surface area (Å²) in [5.74, 6) is 0.324. The first-order valence-corrected chi connectivity index (χ1v) is 8.93. The van der Waals surface area contributed by atoms with Gasteiger partial charge in [-0.1, -0.05) is 0 Å². The largest absolute Gasteiger partial charge is 0.467 e. The molecule has 0 amide bonds. The predicted molar refractivity (Wildman–Crippen MR) is 86.7 cm³/mol. The van der Waals surface area contributed by atoms with Gasteiger partial charge in [0.15, 0.2) is 11.1 Å². The number of thiazole rings is 1. The molecule has 2 aromatic heterocycles. The number of rotatable bonds is 4. The van der Waals surface area contributed by atoms with Crippen LogP contribution in [0, 0.1) is 0 Å². The van der Waals surface area contributed by atoms with Gasteiger partial charge in [-0.05, 0) is 19.8 Å². The van der Waals surface area contributed by atoms with E-state index < -0.39 is 6.10 Å². The van der Waals surface area contributed by atoms with Gasteiger partial charge < -0.3 is 9.47 Å². The number of carbonyl (C=O) groups excluding carboxylic acids is 1. The molecule has 2 atom stereocenters. The summed E-state index contributed by atoms with van der Waals surface area (Å²) in [5.41, 5.74) is 2.51. The second kappa shape index (κ2) is 5.89. The van der Waals surface area contributed by atoms with Gasteiger partial charge in [-0.3, -0.25) is 9.30 Å². The second-order valence-corrected chi connectivity index (χ2v) is 7.30. The van der Waals surface area contributed by atoms with E-state index in [-0.39, 0.29) is 12.1 Å². The minimum atomic E-state index is -0.501. The van der Waals surface area contributed by atoms with E-state index >= 15 is 0 Å². The number of nitrogens with zero attached hydrogens (tertiary/aromatic N) is 3. The van der Waals surface area contributed by atoms with Crippen LogP contribution in [0.5, 0.6) is 0 Å². The molecule has 1 aliphatic carbocycles. The molecule has 7 heteroatoms. The van der Waals surface area contributed by atoms with Gasteiger partial charge in [-0.25, -0.2) is 9.78 Å². The van der Waals surface area contributed by atoms with Crippen LogP contribution in [0.3, 0.4) is 0 Å². The number of morpholine rings is 1.